The second-order valence-electron chi connectivity index (χ2n) is 9.20. The number of rotatable bonds is 13. The highest BCUT2D eigenvalue weighted by Crippen LogP contribution is 2.30. The number of methoxy groups -OCH3 is 1. The molecule has 0 saturated carbocycles. The molecule has 8 nitrogen and oxygen atoms in total. The predicted octanol–water partition coefficient (Wildman–Crippen LogP) is 4.93. The van der Waals surface area contributed by atoms with Gasteiger partial charge in [0.15, 0.2) is 0 Å². The maximum absolute atomic E-state index is 14.1. The van der Waals surface area contributed by atoms with Crippen LogP contribution < -0.4 is 14.4 Å². The summed E-state index contributed by atoms with van der Waals surface area (Å²) >= 11 is 12.6. The van der Waals surface area contributed by atoms with E-state index in [-0.39, 0.29) is 30.3 Å². The Balaban J connectivity index is 2.09. The highest BCUT2D eigenvalue weighted by atomic mass is 35.5. The van der Waals surface area contributed by atoms with Crippen molar-refractivity contribution in [3.63, 3.8) is 0 Å². The fraction of sp³-hybridized carbons (Fsp3) is 0.310. The van der Waals surface area contributed by atoms with E-state index in [0.29, 0.717) is 28.6 Å². The van der Waals surface area contributed by atoms with Gasteiger partial charge in [0, 0.05) is 29.6 Å². The number of hydrogen-bond donors (Lipinski definition) is 1. The first-order chi connectivity index (χ1) is 19.0. The van der Waals surface area contributed by atoms with Crippen molar-refractivity contribution < 1.29 is 22.7 Å². The van der Waals surface area contributed by atoms with Crippen molar-refractivity contribution in [1.82, 2.24) is 10.2 Å². The molecule has 0 heterocycles. The molecule has 0 aliphatic rings. The third-order valence-electron chi connectivity index (χ3n) is 6.21. The monoisotopic (exact) mass is 605 g/mol. The first-order valence-electron chi connectivity index (χ1n) is 12.7. The van der Waals surface area contributed by atoms with Gasteiger partial charge in [0.25, 0.3) is 0 Å². The van der Waals surface area contributed by atoms with Crippen LogP contribution in [0.3, 0.4) is 0 Å². The number of carbonyl (C=O) groups is 2. The normalized spacial score (nSPS) is 11.9. The molecule has 0 aromatic heterocycles. The topological polar surface area (TPSA) is 96.0 Å². The molecule has 0 saturated heterocycles. The van der Waals surface area contributed by atoms with E-state index in [4.69, 9.17) is 27.9 Å². The Labute approximate surface area is 245 Å². The Hall–Kier alpha value is -3.27. The Bertz CT molecular complexity index is 1420. The van der Waals surface area contributed by atoms with Gasteiger partial charge in [0.1, 0.15) is 18.3 Å². The molecule has 0 radical (unpaired) electrons. The van der Waals surface area contributed by atoms with E-state index in [9.17, 15) is 18.0 Å². The first kappa shape index (κ1) is 31.3. The lowest BCUT2D eigenvalue weighted by Gasteiger charge is -2.34. The Kier molecular flexibility index (Phi) is 11.2. The van der Waals surface area contributed by atoms with Gasteiger partial charge in [-0.3, -0.25) is 13.9 Å². The Morgan fingerprint density at radius 1 is 1.00 bits per heavy atom. The standard InChI is InChI=1S/C29H33Cl2N3O5S/c1-4-16-32-29(36)26(17-21-10-6-5-7-11-21)33(19-22-14-15-23(30)18-24(22)31)28(35)20-34(40(3,37)38)25-12-8-9-13-27(25)39-2/h5-15,18,26H,4,16-17,19-20H2,1-3H3,(H,32,36)/t26-/m1/s1. The summed E-state index contributed by atoms with van der Waals surface area (Å²) in [7, 11) is -2.50. The van der Waals surface area contributed by atoms with E-state index in [1.165, 1.54) is 12.0 Å². The van der Waals surface area contributed by atoms with Gasteiger partial charge in [-0.1, -0.05) is 78.7 Å². The summed E-state index contributed by atoms with van der Waals surface area (Å²) in [6.07, 6.45) is 1.93. The number of ether oxygens (including phenoxy) is 1. The molecule has 2 amide bonds. The van der Waals surface area contributed by atoms with Gasteiger partial charge in [-0.25, -0.2) is 8.42 Å². The fourth-order valence-electron chi connectivity index (χ4n) is 4.18. The van der Waals surface area contributed by atoms with E-state index >= 15 is 0 Å². The van der Waals surface area contributed by atoms with E-state index < -0.39 is 28.5 Å². The van der Waals surface area contributed by atoms with Crippen molar-refractivity contribution in [2.45, 2.75) is 32.4 Å². The number of benzene rings is 3. The maximum atomic E-state index is 14.1. The molecule has 3 aromatic rings. The molecule has 1 N–H and O–H groups in total. The summed E-state index contributed by atoms with van der Waals surface area (Å²) in [5.74, 6) is -0.656. The number of nitrogens with one attached hydrogen (secondary N) is 1. The van der Waals surface area contributed by atoms with Crippen LogP contribution in [-0.4, -0.2) is 57.6 Å². The van der Waals surface area contributed by atoms with Crippen molar-refractivity contribution in [2.75, 3.05) is 30.8 Å². The third kappa shape index (κ3) is 8.36. The fourth-order valence-corrected chi connectivity index (χ4v) is 5.51. The predicted molar refractivity (Wildman–Crippen MR) is 159 cm³/mol. The molecule has 3 rings (SSSR count). The number of nitrogens with zero attached hydrogens (tertiary/aromatic N) is 2. The smallest absolute Gasteiger partial charge is 0.244 e. The lowest BCUT2D eigenvalue weighted by Crippen LogP contribution is -2.53. The largest absolute Gasteiger partial charge is 0.495 e. The van der Waals surface area contributed by atoms with Gasteiger partial charge in [0.2, 0.25) is 21.8 Å². The van der Waals surface area contributed by atoms with Gasteiger partial charge < -0.3 is 15.0 Å². The molecule has 0 bridgehead atoms. The van der Waals surface area contributed by atoms with Crippen LogP contribution in [0.2, 0.25) is 10.0 Å². The lowest BCUT2D eigenvalue weighted by atomic mass is 10.0. The SMILES string of the molecule is CCCNC(=O)[C@@H](Cc1ccccc1)N(Cc1ccc(Cl)cc1Cl)C(=O)CN(c1ccccc1OC)S(C)(=O)=O. The highest BCUT2D eigenvalue weighted by molar-refractivity contribution is 7.92. The van der Waals surface area contributed by atoms with Crippen molar-refractivity contribution in [1.29, 1.82) is 0 Å². The number of amides is 2. The van der Waals surface area contributed by atoms with Crippen LogP contribution in [0.4, 0.5) is 5.69 Å². The zero-order valence-corrected chi connectivity index (χ0v) is 25.0. The summed E-state index contributed by atoms with van der Waals surface area (Å²) in [4.78, 5) is 29.0. The second kappa shape index (κ2) is 14.4. The van der Waals surface area contributed by atoms with Crippen molar-refractivity contribution in [3.05, 3.63) is 94.0 Å². The zero-order valence-electron chi connectivity index (χ0n) is 22.6. The van der Waals surface area contributed by atoms with Crippen LogP contribution in [0.15, 0.2) is 72.8 Å². The van der Waals surface area contributed by atoms with E-state index in [0.717, 1.165) is 16.1 Å². The van der Waals surface area contributed by atoms with Crippen LogP contribution in [0.25, 0.3) is 0 Å². The number of carbonyl (C=O) groups excluding carboxylic acids is 2. The van der Waals surface area contributed by atoms with Crippen LogP contribution in [-0.2, 0) is 32.6 Å². The average molecular weight is 607 g/mol. The van der Waals surface area contributed by atoms with Gasteiger partial charge in [-0.05, 0) is 41.8 Å². The summed E-state index contributed by atoms with van der Waals surface area (Å²) in [5.41, 5.74) is 1.60. The minimum Gasteiger partial charge on any atom is -0.495 e. The second-order valence-corrected chi connectivity index (χ2v) is 11.9. The van der Waals surface area contributed by atoms with Gasteiger partial charge >= 0.3 is 0 Å². The summed E-state index contributed by atoms with van der Waals surface area (Å²) in [6, 6.07) is 19.8. The van der Waals surface area contributed by atoms with Crippen molar-refractivity contribution in [2.24, 2.45) is 0 Å². The summed E-state index contributed by atoms with van der Waals surface area (Å²) < 4.78 is 32.2. The molecule has 11 heteroatoms. The average Bonchev–Trinajstić information content (AvgIpc) is 2.93. The molecule has 1 atom stereocenters. The lowest BCUT2D eigenvalue weighted by molar-refractivity contribution is -0.140. The number of sulfonamides is 1. The minimum absolute atomic E-state index is 0.0462. The van der Waals surface area contributed by atoms with Gasteiger partial charge in [-0.15, -0.1) is 0 Å². The molecular formula is C29H33Cl2N3O5S. The highest BCUT2D eigenvalue weighted by Gasteiger charge is 2.33. The number of hydrogen-bond acceptors (Lipinski definition) is 5. The molecule has 40 heavy (non-hydrogen) atoms. The molecule has 0 spiro atoms. The molecule has 0 unspecified atom stereocenters. The molecule has 3 aromatic carbocycles. The van der Waals surface area contributed by atoms with Crippen LogP contribution in [0.1, 0.15) is 24.5 Å². The van der Waals surface area contributed by atoms with Crippen molar-refractivity contribution in [3.8, 4) is 5.75 Å². The van der Waals surface area contributed by atoms with Gasteiger partial charge in [-0.2, -0.15) is 0 Å². The quantitative estimate of drug-likeness (QED) is 0.298. The molecule has 0 fully saturated rings. The third-order valence-corrected chi connectivity index (χ3v) is 7.92. The van der Waals surface area contributed by atoms with E-state index in [1.807, 2.05) is 37.3 Å². The van der Waals surface area contributed by atoms with Crippen LogP contribution in [0, 0.1) is 0 Å². The maximum Gasteiger partial charge on any atom is 0.244 e. The number of halogens is 2. The first-order valence-corrected chi connectivity index (χ1v) is 15.3. The van der Waals surface area contributed by atoms with Crippen LogP contribution in [0.5, 0.6) is 5.75 Å². The van der Waals surface area contributed by atoms with E-state index in [2.05, 4.69) is 5.32 Å². The van der Waals surface area contributed by atoms with Crippen molar-refractivity contribution >= 4 is 50.7 Å². The minimum atomic E-state index is -3.92. The number of para-hydroxylation sites is 2. The Morgan fingerprint density at radius 3 is 2.30 bits per heavy atom. The zero-order chi connectivity index (χ0) is 29.3. The van der Waals surface area contributed by atoms with Crippen LogP contribution >= 0.6 is 23.2 Å². The Morgan fingerprint density at radius 2 is 1.68 bits per heavy atom. The van der Waals surface area contributed by atoms with E-state index in [1.54, 1.807) is 42.5 Å². The molecule has 0 aliphatic carbocycles. The number of anilines is 1. The molecule has 214 valence electrons. The molecule has 0 aliphatic heterocycles. The van der Waals surface area contributed by atoms with Gasteiger partial charge in [0.05, 0.1) is 19.1 Å². The summed E-state index contributed by atoms with van der Waals surface area (Å²) in [6.45, 7) is 1.75. The summed E-state index contributed by atoms with van der Waals surface area (Å²) in [5, 5.41) is 3.64. The molecular weight excluding hydrogens is 573 g/mol.